The second-order valence-corrected chi connectivity index (χ2v) is 7.18. The number of thiophene rings is 1. The van der Waals surface area contributed by atoms with Crippen molar-refractivity contribution in [1.29, 1.82) is 0 Å². The number of nitrogens with one attached hydrogen (secondary N) is 1. The van der Waals surface area contributed by atoms with E-state index in [4.69, 9.17) is 0 Å². The van der Waals surface area contributed by atoms with Crippen molar-refractivity contribution in [2.45, 2.75) is 31.6 Å². The van der Waals surface area contributed by atoms with Crippen LogP contribution in [0.1, 0.15) is 34.5 Å². The molecule has 130 valence electrons. The molecule has 25 heavy (non-hydrogen) atoms. The number of carbonyl (C=O) groups is 1. The zero-order valence-corrected chi connectivity index (χ0v) is 14.0. The van der Waals surface area contributed by atoms with Gasteiger partial charge in [-0.05, 0) is 48.1 Å². The first kappa shape index (κ1) is 16.2. The summed E-state index contributed by atoms with van der Waals surface area (Å²) in [7, 11) is 0. The topological polar surface area (TPSA) is 34.0 Å². The van der Waals surface area contributed by atoms with Crippen LogP contribution in [0.4, 0.5) is 13.2 Å². The van der Waals surface area contributed by atoms with E-state index in [0.29, 0.717) is 12.2 Å². The van der Waals surface area contributed by atoms with Crippen molar-refractivity contribution in [2.24, 2.45) is 0 Å². The molecule has 2 heterocycles. The monoisotopic (exact) mass is 364 g/mol. The van der Waals surface area contributed by atoms with Crippen LogP contribution in [0.15, 0.2) is 41.8 Å². The number of aromatic nitrogens is 1. The van der Waals surface area contributed by atoms with E-state index < -0.39 is 11.7 Å². The van der Waals surface area contributed by atoms with Gasteiger partial charge in [-0.1, -0.05) is 12.1 Å². The minimum absolute atomic E-state index is 0.127. The van der Waals surface area contributed by atoms with Gasteiger partial charge in [0.1, 0.15) is 5.69 Å². The molecule has 0 bridgehead atoms. The molecular weight excluding hydrogens is 349 g/mol. The van der Waals surface area contributed by atoms with E-state index in [-0.39, 0.29) is 11.9 Å². The van der Waals surface area contributed by atoms with E-state index in [1.807, 2.05) is 22.1 Å². The molecule has 1 fully saturated rings. The lowest BCUT2D eigenvalue weighted by atomic mass is 10.1. The Morgan fingerprint density at radius 1 is 1.20 bits per heavy atom. The Balaban J connectivity index is 1.65. The van der Waals surface area contributed by atoms with Crippen molar-refractivity contribution in [1.82, 2.24) is 9.88 Å². The molecule has 7 heteroatoms. The predicted molar refractivity (Wildman–Crippen MR) is 90.8 cm³/mol. The molecule has 1 aliphatic rings. The van der Waals surface area contributed by atoms with E-state index in [1.54, 1.807) is 11.3 Å². The molecule has 0 saturated heterocycles. The molecule has 1 aliphatic carbocycles. The number of hydrogen-bond donors (Lipinski definition) is 1. The quantitative estimate of drug-likeness (QED) is 0.718. The van der Waals surface area contributed by atoms with Crippen molar-refractivity contribution in [3.05, 3.63) is 58.6 Å². The summed E-state index contributed by atoms with van der Waals surface area (Å²) in [6.45, 7) is 0.353. The summed E-state index contributed by atoms with van der Waals surface area (Å²) in [5.41, 5.74) is 1.52. The van der Waals surface area contributed by atoms with Crippen molar-refractivity contribution >= 4 is 27.5 Å². The summed E-state index contributed by atoms with van der Waals surface area (Å²) < 4.78 is 41.0. The van der Waals surface area contributed by atoms with E-state index >= 15 is 0 Å². The first-order chi connectivity index (χ1) is 11.9. The van der Waals surface area contributed by atoms with Crippen LogP contribution in [0.2, 0.25) is 0 Å². The number of amides is 1. The molecule has 1 aromatic carbocycles. The average Bonchev–Trinajstić information content (AvgIpc) is 3.14. The average molecular weight is 364 g/mol. The minimum atomic E-state index is -4.35. The van der Waals surface area contributed by atoms with Crippen LogP contribution >= 0.6 is 11.3 Å². The molecular formula is C18H15F3N2OS. The van der Waals surface area contributed by atoms with Crippen molar-refractivity contribution in [2.75, 3.05) is 0 Å². The third-order valence-electron chi connectivity index (χ3n) is 4.29. The number of rotatable bonds is 4. The number of carbonyl (C=O) groups excluding carboxylic acids is 1. The maximum atomic E-state index is 12.7. The van der Waals surface area contributed by atoms with E-state index in [1.165, 1.54) is 12.1 Å². The Morgan fingerprint density at radius 2 is 1.92 bits per heavy atom. The van der Waals surface area contributed by atoms with Crippen LogP contribution in [0.3, 0.4) is 0 Å². The van der Waals surface area contributed by atoms with Crippen LogP contribution < -0.4 is 5.32 Å². The smallest absolute Gasteiger partial charge is 0.348 e. The molecule has 2 aromatic heterocycles. The van der Waals surface area contributed by atoms with E-state index in [2.05, 4.69) is 5.32 Å². The van der Waals surface area contributed by atoms with Crippen LogP contribution in [-0.2, 0) is 12.7 Å². The van der Waals surface area contributed by atoms with Gasteiger partial charge >= 0.3 is 6.18 Å². The Bertz CT molecular complexity index is 920. The number of benzene rings is 1. The molecule has 4 rings (SSSR count). The van der Waals surface area contributed by atoms with E-state index in [9.17, 15) is 18.0 Å². The van der Waals surface area contributed by atoms with Gasteiger partial charge in [0, 0.05) is 12.6 Å². The van der Waals surface area contributed by atoms with Gasteiger partial charge in [-0.2, -0.15) is 13.2 Å². The Morgan fingerprint density at radius 3 is 2.56 bits per heavy atom. The molecule has 0 unspecified atom stereocenters. The Kier molecular flexibility index (Phi) is 3.83. The lowest BCUT2D eigenvalue weighted by molar-refractivity contribution is -0.137. The third kappa shape index (κ3) is 3.28. The summed E-state index contributed by atoms with van der Waals surface area (Å²) in [5.74, 6) is -0.127. The fourth-order valence-electron chi connectivity index (χ4n) is 2.80. The first-order valence-corrected chi connectivity index (χ1v) is 8.83. The normalized spacial score (nSPS) is 14.8. The highest BCUT2D eigenvalue weighted by Gasteiger charge is 2.30. The van der Waals surface area contributed by atoms with Gasteiger partial charge in [0.15, 0.2) is 0 Å². The van der Waals surface area contributed by atoms with Crippen molar-refractivity contribution in [3.8, 4) is 0 Å². The lowest BCUT2D eigenvalue weighted by Crippen LogP contribution is -2.27. The zero-order valence-electron chi connectivity index (χ0n) is 13.1. The van der Waals surface area contributed by atoms with Crippen LogP contribution in [0.5, 0.6) is 0 Å². The molecule has 0 radical (unpaired) electrons. The second kappa shape index (κ2) is 5.91. The predicted octanol–water partition coefficient (Wildman–Crippen LogP) is 4.66. The standard InChI is InChI=1S/C18H15F3N2OS/c19-18(20,21)12-3-1-11(2-4-12)10-23-14-7-8-25-16(14)9-15(23)17(24)22-13-5-6-13/h1-4,7-9,13H,5-6,10H2,(H,22,24). The van der Waals surface area contributed by atoms with Gasteiger partial charge in [0.05, 0.1) is 15.8 Å². The molecule has 3 nitrogen and oxygen atoms in total. The molecule has 0 aliphatic heterocycles. The third-order valence-corrected chi connectivity index (χ3v) is 5.14. The molecule has 0 spiro atoms. The molecule has 1 N–H and O–H groups in total. The number of halogens is 3. The van der Waals surface area contributed by atoms with E-state index in [0.717, 1.165) is 40.8 Å². The van der Waals surface area contributed by atoms with Gasteiger partial charge in [0.25, 0.3) is 5.91 Å². The summed E-state index contributed by atoms with van der Waals surface area (Å²) in [5, 5.41) is 4.91. The second-order valence-electron chi connectivity index (χ2n) is 6.23. The summed E-state index contributed by atoms with van der Waals surface area (Å²) in [4.78, 5) is 12.5. The fourth-order valence-corrected chi connectivity index (χ4v) is 3.63. The minimum Gasteiger partial charge on any atom is -0.348 e. The highest BCUT2D eigenvalue weighted by molar-refractivity contribution is 7.17. The number of nitrogens with zero attached hydrogens (tertiary/aromatic N) is 1. The summed E-state index contributed by atoms with van der Waals surface area (Å²) in [6, 6.07) is 9.11. The fraction of sp³-hybridized carbons (Fsp3) is 0.278. The van der Waals surface area contributed by atoms with Crippen LogP contribution in [-0.4, -0.2) is 16.5 Å². The summed E-state index contributed by atoms with van der Waals surface area (Å²) >= 11 is 1.54. The van der Waals surface area contributed by atoms with Gasteiger partial charge in [0.2, 0.25) is 0 Å². The van der Waals surface area contributed by atoms with Crippen molar-refractivity contribution < 1.29 is 18.0 Å². The van der Waals surface area contributed by atoms with Gasteiger partial charge in [-0.15, -0.1) is 11.3 Å². The Labute approximate surface area is 146 Å². The maximum Gasteiger partial charge on any atom is 0.416 e. The van der Waals surface area contributed by atoms with Gasteiger partial charge < -0.3 is 9.88 Å². The molecule has 3 aromatic rings. The van der Waals surface area contributed by atoms with Crippen molar-refractivity contribution in [3.63, 3.8) is 0 Å². The SMILES string of the molecule is O=C(NC1CC1)c1cc2sccc2n1Cc1ccc(C(F)(F)F)cc1. The Hall–Kier alpha value is -2.28. The highest BCUT2D eigenvalue weighted by Crippen LogP contribution is 2.30. The number of hydrogen-bond acceptors (Lipinski definition) is 2. The number of fused-ring (bicyclic) bond motifs is 1. The number of alkyl halides is 3. The van der Waals surface area contributed by atoms with Gasteiger partial charge in [-0.3, -0.25) is 4.79 Å². The van der Waals surface area contributed by atoms with Crippen LogP contribution in [0.25, 0.3) is 10.2 Å². The molecule has 0 atom stereocenters. The van der Waals surface area contributed by atoms with Gasteiger partial charge in [-0.25, -0.2) is 0 Å². The molecule has 1 saturated carbocycles. The highest BCUT2D eigenvalue weighted by atomic mass is 32.1. The van der Waals surface area contributed by atoms with Crippen LogP contribution in [0, 0.1) is 0 Å². The zero-order chi connectivity index (χ0) is 17.6. The molecule has 1 amide bonds. The largest absolute Gasteiger partial charge is 0.416 e. The lowest BCUT2D eigenvalue weighted by Gasteiger charge is -2.12. The maximum absolute atomic E-state index is 12.7. The first-order valence-electron chi connectivity index (χ1n) is 7.95. The summed E-state index contributed by atoms with van der Waals surface area (Å²) in [6.07, 6.45) is -2.35.